The van der Waals surface area contributed by atoms with Crippen LogP contribution >= 0.6 is 0 Å². The van der Waals surface area contributed by atoms with Gasteiger partial charge in [-0.1, -0.05) is 31.3 Å². The van der Waals surface area contributed by atoms with E-state index in [2.05, 4.69) is 12.1 Å². The highest BCUT2D eigenvalue weighted by Gasteiger charge is 2.31. The molecule has 0 spiro atoms. The van der Waals surface area contributed by atoms with Crippen molar-refractivity contribution in [2.45, 2.75) is 70.0 Å². The summed E-state index contributed by atoms with van der Waals surface area (Å²) in [4.78, 5) is 0. The second-order valence-electron chi connectivity index (χ2n) is 6.37. The van der Waals surface area contributed by atoms with Gasteiger partial charge in [-0.15, -0.1) is 0 Å². The Morgan fingerprint density at radius 2 is 1.71 bits per heavy atom. The van der Waals surface area contributed by atoms with Crippen LogP contribution in [-0.2, 0) is 14.4 Å². The molecule has 21 heavy (non-hydrogen) atoms. The molecule has 0 amide bonds. The molecular weight excluding hydrogens is 288 g/mol. The van der Waals surface area contributed by atoms with Crippen LogP contribution in [0.3, 0.4) is 0 Å². The van der Waals surface area contributed by atoms with E-state index < -0.39 is 15.4 Å². The van der Waals surface area contributed by atoms with Gasteiger partial charge in [0.25, 0.3) is 0 Å². The van der Waals surface area contributed by atoms with Gasteiger partial charge in [-0.05, 0) is 44.4 Å². The quantitative estimate of drug-likeness (QED) is 0.589. The van der Waals surface area contributed by atoms with Crippen LogP contribution in [0.2, 0.25) is 0 Å². The highest BCUT2D eigenvalue weighted by atomic mass is 32.2. The summed E-state index contributed by atoms with van der Waals surface area (Å²) in [5, 5.41) is 12.4. The summed E-state index contributed by atoms with van der Waals surface area (Å²) in [7, 11) is -3.69. The topological polar surface area (TPSA) is 79.5 Å². The zero-order chi connectivity index (χ0) is 15.3. The lowest BCUT2D eigenvalue weighted by Crippen LogP contribution is -2.27. The van der Waals surface area contributed by atoms with E-state index in [1.54, 1.807) is 0 Å². The molecule has 2 fully saturated rings. The molecule has 0 heterocycles. The van der Waals surface area contributed by atoms with Crippen LogP contribution in [0.5, 0.6) is 0 Å². The minimum absolute atomic E-state index is 0.0605. The average Bonchev–Trinajstić information content (AvgIpc) is 2.49. The van der Waals surface area contributed by atoms with E-state index >= 15 is 0 Å². The molecule has 0 aromatic rings. The number of nitriles is 1. The first-order valence-corrected chi connectivity index (χ1v) is 9.40. The Morgan fingerprint density at radius 3 is 2.29 bits per heavy atom. The van der Waals surface area contributed by atoms with Gasteiger partial charge in [-0.3, -0.25) is 4.28 Å². The van der Waals surface area contributed by atoms with Gasteiger partial charge < -0.3 is 0 Å². The van der Waals surface area contributed by atoms with E-state index in [0.717, 1.165) is 38.5 Å². The highest BCUT2D eigenvalue weighted by Crippen LogP contribution is 2.29. The van der Waals surface area contributed by atoms with E-state index in [1.807, 2.05) is 6.07 Å². The monoisotopic (exact) mass is 312 g/mol. The fourth-order valence-corrected chi connectivity index (χ4v) is 4.39. The van der Waals surface area contributed by atoms with Crippen molar-refractivity contribution < 1.29 is 12.7 Å². The fourth-order valence-electron chi connectivity index (χ4n) is 3.23. The van der Waals surface area contributed by atoms with Crippen LogP contribution in [0, 0.1) is 23.2 Å². The van der Waals surface area contributed by atoms with Gasteiger partial charge in [0, 0.05) is 5.92 Å². The fraction of sp³-hybridized carbons (Fsp3) is 0.867. The Kier molecular flexibility index (Phi) is 5.63. The SMILES string of the molecule is CC1CCC(S(=O)(=O)O/N=C(/C#N)C2CCCCC2)CC1. The van der Waals surface area contributed by atoms with E-state index in [-0.39, 0.29) is 11.6 Å². The van der Waals surface area contributed by atoms with E-state index in [4.69, 9.17) is 9.55 Å². The summed E-state index contributed by atoms with van der Waals surface area (Å²) in [6.45, 7) is 2.14. The Hall–Kier alpha value is -1.09. The predicted octanol–water partition coefficient (Wildman–Crippen LogP) is 3.37. The molecule has 0 atom stereocenters. The number of rotatable bonds is 4. The molecule has 2 aliphatic carbocycles. The lowest BCUT2D eigenvalue weighted by molar-refractivity contribution is 0.304. The van der Waals surface area contributed by atoms with Crippen LogP contribution in [0.25, 0.3) is 0 Å². The molecule has 0 N–H and O–H groups in total. The van der Waals surface area contributed by atoms with Crippen molar-refractivity contribution in [2.24, 2.45) is 17.0 Å². The van der Waals surface area contributed by atoms with Crippen LogP contribution in [-0.4, -0.2) is 19.4 Å². The number of hydrogen-bond acceptors (Lipinski definition) is 5. The van der Waals surface area contributed by atoms with Crippen molar-refractivity contribution in [1.29, 1.82) is 5.26 Å². The normalized spacial score (nSPS) is 28.9. The Balaban J connectivity index is 1.98. The number of nitrogens with zero attached hydrogens (tertiary/aromatic N) is 2. The van der Waals surface area contributed by atoms with Gasteiger partial charge in [0.05, 0.1) is 5.25 Å². The van der Waals surface area contributed by atoms with E-state index in [9.17, 15) is 8.42 Å². The second-order valence-corrected chi connectivity index (χ2v) is 8.17. The molecular formula is C15H24N2O3S. The van der Waals surface area contributed by atoms with E-state index in [1.165, 1.54) is 6.42 Å². The Labute approximate surface area is 127 Å². The molecule has 0 unspecified atom stereocenters. The maximum atomic E-state index is 12.2. The summed E-state index contributed by atoms with van der Waals surface area (Å²) < 4.78 is 29.2. The van der Waals surface area contributed by atoms with Gasteiger partial charge >= 0.3 is 10.1 Å². The summed E-state index contributed by atoms with van der Waals surface area (Å²) in [6, 6.07) is 2.01. The number of hydrogen-bond donors (Lipinski definition) is 0. The van der Waals surface area contributed by atoms with Gasteiger partial charge in [-0.2, -0.15) is 13.7 Å². The van der Waals surface area contributed by atoms with Crippen molar-refractivity contribution in [2.75, 3.05) is 0 Å². The maximum absolute atomic E-state index is 12.2. The molecule has 6 heteroatoms. The molecule has 0 radical (unpaired) electrons. The molecule has 0 aromatic heterocycles. The summed E-state index contributed by atoms with van der Waals surface area (Å²) >= 11 is 0. The predicted molar refractivity (Wildman–Crippen MR) is 81.0 cm³/mol. The standard InChI is InChI=1S/C15H24N2O3S/c1-12-7-9-14(10-8-12)21(18,19)20-17-15(11-16)13-5-3-2-4-6-13/h12-14H,2-10H2,1H3/b17-15-. The minimum Gasteiger partial charge on any atom is -0.267 e. The molecule has 118 valence electrons. The molecule has 0 aromatic carbocycles. The van der Waals surface area contributed by atoms with Gasteiger partial charge in [0.2, 0.25) is 0 Å². The lowest BCUT2D eigenvalue weighted by Gasteiger charge is -2.24. The summed E-state index contributed by atoms with van der Waals surface area (Å²) in [5.41, 5.74) is 0.238. The third-order valence-electron chi connectivity index (χ3n) is 4.72. The first-order chi connectivity index (χ1) is 10.0. The van der Waals surface area contributed by atoms with Gasteiger partial charge in [0.1, 0.15) is 6.07 Å². The van der Waals surface area contributed by atoms with Crippen molar-refractivity contribution in [3.63, 3.8) is 0 Å². The third-order valence-corrected chi connectivity index (χ3v) is 6.29. The average molecular weight is 312 g/mol. The molecule has 2 aliphatic rings. The van der Waals surface area contributed by atoms with Crippen LogP contribution < -0.4 is 0 Å². The van der Waals surface area contributed by atoms with Crippen LogP contribution in [0.15, 0.2) is 5.16 Å². The Bertz CT molecular complexity index is 508. The molecule has 5 nitrogen and oxygen atoms in total. The van der Waals surface area contributed by atoms with Crippen molar-refractivity contribution >= 4 is 15.8 Å². The first-order valence-electron chi connectivity index (χ1n) is 7.93. The van der Waals surface area contributed by atoms with Crippen molar-refractivity contribution in [3.05, 3.63) is 0 Å². The van der Waals surface area contributed by atoms with Crippen LogP contribution in [0.4, 0.5) is 0 Å². The summed E-state index contributed by atoms with van der Waals surface area (Å²) in [6.07, 6.45) is 8.18. The third kappa shape index (κ3) is 4.44. The minimum atomic E-state index is -3.69. The largest absolute Gasteiger partial charge is 0.331 e. The van der Waals surface area contributed by atoms with Crippen LogP contribution in [0.1, 0.15) is 64.7 Å². The zero-order valence-electron chi connectivity index (χ0n) is 12.6. The number of oxime groups is 1. The van der Waals surface area contributed by atoms with Crippen molar-refractivity contribution in [1.82, 2.24) is 0 Å². The second kappa shape index (κ2) is 7.26. The molecule has 0 bridgehead atoms. The lowest BCUT2D eigenvalue weighted by atomic mass is 9.86. The molecule has 0 saturated heterocycles. The smallest absolute Gasteiger partial charge is 0.267 e. The highest BCUT2D eigenvalue weighted by molar-refractivity contribution is 7.87. The zero-order valence-corrected chi connectivity index (χ0v) is 13.4. The van der Waals surface area contributed by atoms with E-state index in [0.29, 0.717) is 18.8 Å². The maximum Gasteiger partial charge on any atom is 0.331 e. The first kappa shape index (κ1) is 16.3. The Morgan fingerprint density at radius 1 is 1.10 bits per heavy atom. The van der Waals surface area contributed by atoms with Gasteiger partial charge in [0.15, 0.2) is 5.71 Å². The summed E-state index contributed by atoms with van der Waals surface area (Å²) in [5.74, 6) is 0.641. The molecule has 2 saturated carbocycles. The molecule has 2 rings (SSSR count). The molecule has 0 aliphatic heterocycles. The van der Waals surface area contributed by atoms with Crippen molar-refractivity contribution in [3.8, 4) is 6.07 Å². The van der Waals surface area contributed by atoms with Gasteiger partial charge in [-0.25, -0.2) is 0 Å².